The van der Waals surface area contributed by atoms with E-state index in [1.54, 1.807) is 6.26 Å². The fourth-order valence-corrected chi connectivity index (χ4v) is 2.66. The third-order valence-corrected chi connectivity index (χ3v) is 4.04. The lowest BCUT2D eigenvalue weighted by atomic mass is 10.1. The second-order valence-electron chi connectivity index (χ2n) is 5.84. The van der Waals surface area contributed by atoms with Crippen molar-refractivity contribution in [3.63, 3.8) is 0 Å². The molecule has 0 fully saturated rings. The monoisotopic (exact) mass is 307 g/mol. The van der Waals surface area contributed by atoms with Gasteiger partial charge in [-0.3, -0.25) is 4.79 Å². The lowest BCUT2D eigenvalue weighted by molar-refractivity contribution is -0.121. The lowest BCUT2D eigenvalue weighted by Crippen LogP contribution is -2.25. The molecule has 1 N–H and O–H groups in total. The maximum Gasteiger partial charge on any atom is 0.220 e. The fourth-order valence-electron chi connectivity index (χ4n) is 2.66. The topological polar surface area (TPSA) is 42.2 Å². The van der Waals surface area contributed by atoms with Gasteiger partial charge < -0.3 is 9.73 Å². The van der Waals surface area contributed by atoms with Crippen molar-refractivity contribution in [2.24, 2.45) is 0 Å². The first-order valence-corrected chi connectivity index (χ1v) is 8.00. The number of rotatable bonds is 6. The van der Waals surface area contributed by atoms with E-state index in [-0.39, 0.29) is 5.91 Å². The highest BCUT2D eigenvalue weighted by Gasteiger charge is 2.06. The number of amides is 1. The Bertz CT molecular complexity index is 787. The van der Waals surface area contributed by atoms with Crippen LogP contribution < -0.4 is 5.32 Å². The van der Waals surface area contributed by atoms with Crippen LogP contribution in [0.1, 0.15) is 23.1 Å². The molecule has 0 aliphatic carbocycles. The van der Waals surface area contributed by atoms with Crippen molar-refractivity contribution in [1.29, 1.82) is 0 Å². The van der Waals surface area contributed by atoms with Crippen molar-refractivity contribution < 1.29 is 9.21 Å². The van der Waals surface area contributed by atoms with Crippen molar-refractivity contribution in [3.8, 4) is 0 Å². The van der Waals surface area contributed by atoms with Crippen LogP contribution in [0.15, 0.2) is 59.2 Å². The highest BCUT2D eigenvalue weighted by molar-refractivity contribution is 5.81. The second kappa shape index (κ2) is 7.14. The molecule has 0 aliphatic rings. The normalized spacial score (nSPS) is 10.8. The number of carbonyl (C=O) groups is 1. The lowest BCUT2D eigenvalue weighted by Gasteiger charge is -2.05. The van der Waals surface area contributed by atoms with Gasteiger partial charge in [-0.2, -0.15) is 0 Å². The van der Waals surface area contributed by atoms with E-state index in [4.69, 9.17) is 4.42 Å². The van der Waals surface area contributed by atoms with Gasteiger partial charge in [-0.25, -0.2) is 0 Å². The van der Waals surface area contributed by atoms with Crippen LogP contribution in [0.25, 0.3) is 11.0 Å². The Labute approximate surface area is 136 Å². The van der Waals surface area contributed by atoms with Gasteiger partial charge in [0.15, 0.2) is 0 Å². The first-order valence-electron chi connectivity index (χ1n) is 8.00. The van der Waals surface area contributed by atoms with Gasteiger partial charge in [-0.05, 0) is 37.0 Å². The van der Waals surface area contributed by atoms with Crippen LogP contribution in [0.3, 0.4) is 0 Å². The van der Waals surface area contributed by atoms with E-state index in [2.05, 4.69) is 36.5 Å². The van der Waals surface area contributed by atoms with Crippen molar-refractivity contribution in [2.75, 3.05) is 6.54 Å². The Kier molecular flexibility index (Phi) is 4.77. The van der Waals surface area contributed by atoms with Crippen LogP contribution in [-0.4, -0.2) is 12.5 Å². The molecule has 1 heterocycles. The first kappa shape index (κ1) is 15.3. The molecule has 3 heteroatoms. The Balaban J connectivity index is 1.45. The van der Waals surface area contributed by atoms with E-state index in [0.29, 0.717) is 13.0 Å². The number of benzene rings is 2. The smallest absolute Gasteiger partial charge is 0.220 e. The summed E-state index contributed by atoms with van der Waals surface area (Å²) in [7, 11) is 0. The minimum atomic E-state index is 0.0957. The summed E-state index contributed by atoms with van der Waals surface area (Å²) in [6.45, 7) is 2.70. The number of hydrogen-bond acceptors (Lipinski definition) is 2. The maximum atomic E-state index is 11.9. The summed E-state index contributed by atoms with van der Waals surface area (Å²) >= 11 is 0. The average Bonchev–Trinajstić information content (AvgIpc) is 2.98. The van der Waals surface area contributed by atoms with Crippen LogP contribution in [0.4, 0.5) is 0 Å². The van der Waals surface area contributed by atoms with E-state index in [1.165, 1.54) is 11.1 Å². The van der Waals surface area contributed by atoms with Crippen molar-refractivity contribution in [2.45, 2.75) is 26.2 Å². The standard InChI is InChI=1S/C20H21NO2/c1-15-6-8-16(9-7-15)10-11-20(22)21-13-12-17-14-23-19-5-3-2-4-18(17)19/h2-9,14H,10-13H2,1H3,(H,21,22). The van der Waals surface area contributed by atoms with Gasteiger partial charge in [0.2, 0.25) is 5.91 Å². The molecule has 0 radical (unpaired) electrons. The minimum Gasteiger partial charge on any atom is -0.464 e. The molecule has 0 atom stereocenters. The van der Waals surface area contributed by atoms with Gasteiger partial charge >= 0.3 is 0 Å². The molecule has 1 aromatic heterocycles. The third kappa shape index (κ3) is 4.01. The number of fused-ring (bicyclic) bond motifs is 1. The summed E-state index contributed by atoms with van der Waals surface area (Å²) in [4.78, 5) is 11.9. The number of furan rings is 1. The van der Waals surface area contributed by atoms with Gasteiger partial charge in [0.1, 0.15) is 5.58 Å². The van der Waals surface area contributed by atoms with Crippen LogP contribution in [0.2, 0.25) is 0 Å². The Hall–Kier alpha value is -2.55. The molecule has 1 amide bonds. The molecular formula is C20H21NO2. The largest absolute Gasteiger partial charge is 0.464 e. The summed E-state index contributed by atoms with van der Waals surface area (Å²) in [6.07, 6.45) is 3.87. The van der Waals surface area contributed by atoms with E-state index in [1.807, 2.05) is 24.3 Å². The Morgan fingerprint density at radius 2 is 1.83 bits per heavy atom. The van der Waals surface area contributed by atoms with E-state index in [0.717, 1.165) is 29.4 Å². The second-order valence-corrected chi connectivity index (χ2v) is 5.84. The SMILES string of the molecule is Cc1ccc(CCC(=O)NCCc2coc3ccccc23)cc1. The molecule has 3 aromatic rings. The molecule has 0 aliphatic heterocycles. The third-order valence-electron chi connectivity index (χ3n) is 4.04. The zero-order valence-electron chi connectivity index (χ0n) is 13.3. The molecule has 2 aromatic carbocycles. The van der Waals surface area contributed by atoms with Crippen molar-refractivity contribution >= 4 is 16.9 Å². The number of hydrogen-bond donors (Lipinski definition) is 1. The van der Waals surface area contributed by atoms with Crippen LogP contribution in [0, 0.1) is 6.92 Å². The maximum absolute atomic E-state index is 11.9. The van der Waals surface area contributed by atoms with Crippen LogP contribution >= 0.6 is 0 Å². The molecular weight excluding hydrogens is 286 g/mol. The zero-order valence-corrected chi connectivity index (χ0v) is 13.3. The van der Waals surface area contributed by atoms with E-state index < -0.39 is 0 Å². The van der Waals surface area contributed by atoms with Crippen LogP contribution in [-0.2, 0) is 17.6 Å². The first-order chi connectivity index (χ1) is 11.2. The molecule has 0 bridgehead atoms. The predicted octanol–water partition coefficient (Wildman–Crippen LogP) is 4.03. The average molecular weight is 307 g/mol. The minimum absolute atomic E-state index is 0.0957. The highest BCUT2D eigenvalue weighted by Crippen LogP contribution is 2.20. The van der Waals surface area contributed by atoms with E-state index in [9.17, 15) is 4.79 Å². The number of para-hydroxylation sites is 1. The van der Waals surface area contributed by atoms with Crippen LogP contribution in [0.5, 0.6) is 0 Å². The number of nitrogens with one attached hydrogen (secondary N) is 1. The highest BCUT2D eigenvalue weighted by atomic mass is 16.3. The molecule has 0 saturated heterocycles. The van der Waals surface area contributed by atoms with Crippen molar-refractivity contribution in [1.82, 2.24) is 5.32 Å². The molecule has 3 rings (SSSR count). The van der Waals surface area contributed by atoms with Gasteiger partial charge in [-0.1, -0.05) is 48.0 Å². The Morgan fingerprint density at radius 3 is 2.65 bits per heavy atom. The summed E-state index contributed by atoms with van der Waals surface area (Å²) < 4.78 is 5.51. The predicted molar refractivity (Wildman–Crippen MR) is 92.4 cm³/mol. The number of carbonyl (C=O) groups excluding carboxylic acids is 1. The summed E-state index contributed by atoms with van der Waals surface area (Å²) in [5.74, 6) is 0.0957. The molecule has 3 nitrogen and oxygen atoms in total. The van der Waals surface area contributed by atoms with Gasteiger partial charge in [0.25, 0.3) is 0 Å². The molecule has 0 saturated carbocycles. The zero-order chi connectivity index (χ0) is 16.1. The van der Waals surface area contributed by atoms with Gasteiger partial charge in [-0.15, -0.1) is 0 Å². The molecule has 118 valence electrons. The van der Waals surface area contributed by atoms with Crippen molar-refractivity contribution in [3.05, 3.63) is 71.5 Å². The summed E-state index contributed by atoms with van der Waals surface area (Å²) in [5.41, 5.74) is 4.48. The Morgan fingerprint density at radius 1 is 1.04 bits per heavy atom. The molecule has 23 heavy (non-hydrogen) atoms. The summed E-state index contributed by atoms with van der Waals surface area (Å²) in [6, 6.07) is 16.3. The number of aryl methyl sites for hydroxylation is 2. The fraction of sp³-hybridized carbons (Fsp3) is 0.250. The van der Waals surface area contributed by atoms with E-state index >= 15 is 0 Å². The quantitative estimate of drug-likeness (QED) is 0.747. The molecule has 0 spiro atoms. The van der Waals surface area contributed by atoms with Gasteiger partial charge in [0, 0.05) is 18.4 Å². The molecule has 0 unspecified atom stereocenters. The van der Waals surface area contributed by atoms with Gasteiger partial charge in [0.05, 0.1) is 6.26 Å². The summed E-state index contributed by atoms with van der Waals surface area (Å²) in [5, 5.41) is 4.11.